The predicted octanol–water partition coefficient (Wildman–Crippen LogP) is 3.79. The molecule has 0 unspecified atom stereocenters. The third-order valence-corrected chi connectivity index (χ3v) is 4.38. The Morgan fingerprint density at radius 2 is 2.00 bits per heavy atom. The van der Waals surface area contributed by atoms with Crippen molar-refractivity contribution in [2.45, 2.75) is 44.4 Å². The highest BCUT2D eigenvalue weighted by Crippen LogP contribution is 2.29. The molecule has 0 spiro atoms. The van der Waals surface area contributed by atoms with E-state index in [0.29, 0.717) is 5.82 Å². The van der Waals surface area contributed by atoms with Gasteiger partial charge in [0.15, 0.2) is 0 Å². The van der Waals surface area contributed by atoms with E-state index in [0.717, 1.165) is 22.2 Å². The van der Waals surface area contributed by atoms with E-state index in [-0.39, 0.29) is 5.92 Å². The van der Waals surface area contributed by atoms with E-state index in [2.05, 4.69) is 60.4 Å². The van der Waals surface area contributed by atoms with E-state index in [9.17, 15) is 0 Å². The van der Waals surface area contributed by atoms with Crippen LogP contribution in [0.15, 0.2) is 29.3 Å². The maximum absolute atomic E-state index is 5.57. The minimum Gasteiger partial charge on any atom is -0.308 e. The molecule has 21 heavy (non-hydrogen) atoms. The van der Waals surface area contributed by atoms with Gasteiger partial charge in [0.25, 0.3) is 0 Å². The van der Waals surface area contributed by atoms with Crippen LogP contribution < -0.4 is 11.3 Å². The highest BCUT2D eigenvalue weighted by molar-refractivity contribution is 7.98. The second kappa shape index (κ2) is 6.91. The van der Waals surface area contributed by atoms with Crippen molar-refractivity contribution in [3.8, 4) is 0 Å². The SMILES string of the molecule is Cc1cccc(CSc2nc(C(C)C)nc(NN)c2C)c1. The molecule has 4 nitrogen and oxygen atoms in total. The number of rotatable bonds is 5. The number of nitrogens with one attached hydrogen (secondary N) is 1. The lowest BCUT2D eigenvalue weighted by molar-refractivity contribution is 0.749. The molecule has 1 aromatic heterocycles. The summed E-state index contributed by atoms with van der Waals surface area (Å²) in [6, 6.07) is 8.54. The average Bonchev–Trinajstić information content (AvgIpc) is 2.46. The Labute approximate surface area is 130 Å². The molecule has 0 bridgehead atoms. The number of aryl methyl sites for hydroxylation is 1. The molecule has 0 amide bonds. The highest BCUT2D eigenvalue weighted by atomic mass is 32.2. The maximum atomic E-state index is 5.57. The van der Waals surface area contributed by atoms with Gasteiger partial charge in [0.05, 0.1) is 0 Å². The summed E-state index contributed by atoms with van der Waals surface area (Å²) in [6.45, 7) is 8.27. The van der Waals surface area contributed by atoms with Crippen LogP contribution in [0.25, 0.3) is 0 Å². The van der Waals surface area contributed by atoms with Gasteiger partial charge in [0.2, 0.25) is 0 Å². The molecular weight excluding hydrogens is 280 g/mol. The lowest BCUT2D eigenvalue weighted by atomic mass is 10.2. The summed E-state index contributed by atoms with van der Waals surface area (Å²) >= 11 is 1.72. The van der Waals surface area contributed by atoms with E-state index >= 15 is 0 Å². The largest absolute Gasteiger partial charge is 0.308 e. The number of hydrogen-bond acceptors (Lipinski definition) is 5. The first-order chi connectivity index (χ1) is 10.0. The zero-order valence-corrected chi connectivity index (χ0v) is 13.8. The molecule has 1 aromatic carbocycles. The summed E-state index contributed by atoms with van der Waals surface area (Å²) < 4.78 is 0. The van der Waals surface area contributed by atoms with Crippen molar-refractivity contribution in [2.24, 2.45) is 5.84 Å². The lowest BCUT2D eigenvalue weighted by Crippen LogP contribution is -2.13. The zero-order chi connectivity index (χ0) is 15.4. The number of nitrogen functional groups attached to an aromatic ring is 1. The van der Waals surface area contributed by atoms with Crippen LogP contribution in [0.2, 0.25) is 0 Å². The number of nitrogens with two attached hydrogens (primary N) is 1. The Morgan fingerprint density at radius 1 is 1.24 bits per heavy atom. The molecule has 0 aliphatic heterocycles. The Kier molecular flexibility index (Phi) is 5.20. The Bertz CT molecular complexity index is 626. The van der Waals surface area contributed by atoms with Crippen LogP contribution >= 0.6 is 11.8 Å². The number of hydrazine groups is 1. The molecule has 1 heterocycles. The number of hydrogen-bond donors (Lipinski definition) is 2. The molecule has 2 aromatic rings. The Morgan fingerprint density at radius 3 is 2.62 bits per heavy atom. The molecule has 0 aliphatic carbocycles. The number of aromatic nitrogens is 2. The topological polar surface area (TPSA) is 63.8 Å². The number of anilines is 1. The van der Waals surface area contributed by atoms with Gasteiger partial charge < -0.3 is 5.43 Å². The van der Waals surface area contributed by atoms with Gasteiger partial charge in [-0.15, -0.1) is 11.8 Å². The second-order valence-electron chi connectivity index (χ2n) is 5.44. The molecule has 0 radical (unpaired) electrons. The molecular formula is C16H22N4S. The van der Waals surface area contributed by atoms with Crippen LogP contribution in [-0.4, -0.2) is 9.97 Å². The third kappa shape index (κ3) is 3.95. The summed E-state index contributed by atoms with van der Waals surface area (Å²) in [5.74, 6) is 8.26. The quantitative estimate of drug-likeness (QED) is 0.381. The van der Waals surface area contributed by atoms with Crippen molar-refractivity contribution in [1.29, 1.82) is 0 Å². The van der Waals surface area contributed by atoms with Crippen LogP contribution in [0.3, 0.4) is 0 Å². The summed E-state index contributed by atoms with van der Waals surface area (Å²) in [6.07, 6.45) is 0. The predicted molar refractivity (Wildman–Crippen MR) is 89.4 cm³/mol. The lowest BCUT2D eigenvalue weighted by Gasteiger charge is -2.13. The Balaban J connectivity index is 2.24. The first kappa shape index (κ1) is 15.8. The van der Waals surface area contributed by atoms with Gasteiger partial charge in [0, 0.05) is 17.2 Å². The maximum Gasteiger partial charge on any atom is 0.147 e. The number of thioether (sulfide) groups is 1. The van der Waals surface area contributed by atoms with Crippen molar-refractivity contribution in [3.63, 3.8) is 0 Å². The van der Waals surface area contributed by atoms with Crippen LogP contribution in [0.1, 0.15) is 42.3 Å². The fourth-order valence-electron chi connectivity index (χ4n) is 2.01. The molecule has 3 N–H and O–H groups in total. The van der Waals surface area contributed by atoms with Crippen LogP contribution in [-0.2, 0) is 5.75 Å². The molecule has 2 rings (SSSR count). The van der Waals surface area contributed by atoms with Gasteiger partial charge in [-0.05, 0) is 19.4 Å². The van der Waals surface area contributed by atoms with Gasteiger partial charge in [-0.3, -0.25) is 0 Å². The summed E-state index contributed by atoms with van der Waals surface area (Å²) in [5, 5.41) is 0.989. The molecule has 0 aliphatic rings. The van der Waals surface area contributed by atoms with Gasteiger partial charge in [-0.2, -0.15) is 0 Å². The van der Waals surface area contributed by atoms with Crippen LogP contribution in [0, 0.1) is 13.8 Å². The van der Waals surface area contributed by atoms with E-state index in [4.69, 9.17) is 5.84 Å². The van der Waals surface area contributed by atoms with Gasteiger partial charge in [-0.25, -0.2) is 15.8 Å². The summed E-state index contributed by atoms with van der Waals surface area (Å²) in [4.78, 5) is 9.13. The van der Waals surface area contributed by atoms with E-state index in [1.807, 2.05) is 6.92 Å². The monoisotopic (exact) mass is 302 g/mol. The standard InChI is InChI=1S/C16H22N4S/c1-10(2)14-18-15(20-17)12(4)16(19-14)21-9-13-7-5-6-11(3)8-13/h5-8,10H,9,17H2,1-4H3,(H,18,19,20). The van der Waals surface area contributed by atoms with Crippen LogP contribution in [0.4, 0.5) is 5.82 Å². The van der Waals surface area contributed by atoms with Gasteiger partial charge >= 0.3 is 0 Å². The van der Waals surface area contributed by atoms with E-state index < -0.39 is 0 Å². The van der Waals surface area contributed by atoms with Gasteiger partial charge in [-0.1, -0.05) is 43.7 Å². The van der Waals surface area contributed by atoms with Crippen molar-refractivity contribution >= 4 is 17.6 Å². The average molecular weight is 302 g/mol. The fraction of sp³-hybridized carbons (Fsp3) is 0.375. The van der Waals surface area contributed by atoms with Gasteiger partial charge in [0.1, 0.15) is 16.7 Å². The summed E-state index contributed by atoms with van der Waals surface area (Å²) in [7, 11) is 0. The third-order valence-electron chi connectivity index (χ3n) is 3.23. The fourth-order valence-corrected chi connectivity index (χ4v) is 2.96. The number of benzene rings is 1. The molecule has 112 valence electrons. The molecule has 0 saturated heterocycles. The number of nitrogens with zero attached hydrogens (tertiary/aromatic N) is 2. The van der Waals surface area contributed by atoms with E-state index in [1.54, 1.807) is 11.8 Å². The highest BCUT2D eigenvalue weighted by Gasteiger charge is 2.13. The van der Waals surface area contributed by atoms with Crippen molar-refractivity contribution in [2.75, 3.05) is 5.43 Å². The first-order valence-electron chi connectivity index (χ1n) is 7.04. The van der Waals surface area contributed by atoms with Crippen molar-refractivity contribution in [1.82, 2.24) is 9.97 Å². The first-order valence-corrected chi connectivity index (χ1v) is 8.03. The van der Waals surface area contributed by atoms with Crippen LogP contribution in [0.5, 0.6) is 0 Å². The normalized spacial score (nSPS) is 11.0. The molecule has 0 saturated carbocycles. The molecule has 5 heteroatoms. The molecule has 0 atom stereocenters. The smallest absolute Gasteiger partial charge is 0.147 e. The minimum atomic E-state index is 0.274. The molecule has 0 fully saturated rings. The van der Waals surface area contributed by atoms with E-state index in [1.165, 1.54) is 11.1 Å². The van der Waals surface area contributed by atoms with Crippen molar-refractivity contribution < 1.29 is 0 Å². The Hall–Kier alpha value is -1.59. The zero-order valence-electron chi connectivity index (χ0n) is 13.0. The summed E-state index contributed by atoms with van der Waals surface area (Å²) in [5.41, 5.74) is 6.25. The van der Waals surface area contributed by atoms with Crippen molar-refractivity contribution in [3.05, 3.63) is 46.8 Å². The second-order valence-corrected chi connectivity index (χ2v) is 6.40. The minimum absolute atomic E-state index is 0.274.